The first kappa shape index (κ1) is 16.9. The third-order valence-electron chi connectivity index (χ3n) is 4.48. The summed E-state index contributed by atoms with van der Waals surface area (Å²) in [5.41, 5.74) is 3.60. The number of pyridine rings is 1. The molecule has 136 valence electrons. The highest BCUT2D eigenvalue weighted by atomic mass is 16.5. The summed E-state index contributed by atoms with van der Waals surface area (Å²) < 4.78 is 9.11. The van der Waals surface area contributed by atoms with Gasteiger partial charge in [0.2, 0.25) is 0 Å². The van der Waals surface area contributed by atoms with Gasteiger partial charge in [0, 0.05) is 32.0 Å². The Morgan fingerprint density at radius 1 is 1.04 bits per heavy atom. The van der Waals surface area contributed by atoms with Crippen LogP contribution in [0.25, 0.3) is 22.5 Å². The first-order valence-corrected chi connectivity index (χ1v) is 8.60. The van der Waals surface area contributed by atoms with Crippen LogP contribution in [0, 0.1) is 0 Å². The predicted molar refractivity (Wildman–Crippen MR) is 105 cm³/mol. The van der Waals surface area contributed by atoms with Crippen molar-refractivity contribution in [2.75, 3.05) is 21.2 Å². The van der Waals surface area contributed by atoms with Gasteiger partial charge in [-0.1, -0.05) is 18.2 Å². The molecular formula is C21H20N4O2. The third kappa shape index (κ3) is 3.06. The molecule has 0 spiro atoms. The molecule has 0 radical (unpaired) electrons. The smallest absolute Gasteiger partial charge is 0.273 e. The van der Waals surface area contributed by atoms with E-state index in [1.54, 1.807) is 38.2 Å². The van der Waals surface area contributed by atoms with Crippen LogP contribution >= 0.6 is 0 Å². The molecule has 27 heavy (non-hydrogen) atoms. The predicted octanol–water partition coefficient (Wildman–Crippen LogP) is 3.50. The summed E-state index contributed by atoms with van der Waals surface area (Å²) in [5, 5.41) is 4.44. The molecule has 6 heteroatoms. The Kier molecular flexibility index (Phi) is 4.16. The zero-order chi connectivity index (χ0) is 19.0. The molecule has 4 rings (SSSR count). The molecule has 0 aliphatic heterocycles. The minimum Gasteiger partial charge on any atom is -0.497 e. The van der Waals surface area contributed by atoms with E-state index in [0.717, 1.165) is 28.2 Å². The highest BCUT2D eigenvalue weighted by molar-refractivity contribution is 5.91. The van der Waals surface area contributed by atoms with Gasteiger partial charge < -0.3 is 14.0 Å². The van der Waals surface area contributed by atoms with Gasteiger partial charge in [0.1, 0.15) is 11.6 Å². The average Bonchev–Trinajstić information content (AvgIpc) is 3.33. The molecule has 3 heterocycles. The van der Waals surface area contributed by atoms with E-state index in [0.29, 0.717) is 5.69 Å². The van der Waals surface area contributed by atoms with Crippen LogP contribution in [0.3, 0.4) is 0 Å². The number of amides is 1. The van der Waals surface area contributed by atoms with Crippen LogP contribution in [0.2, 0.25) is 0 Å². The van der Waals surface area contributed by atoms with Crippen molar-refractivity contribution in [3.63, 3.8) is 0 Å². The number of carbonyl (C=O) groups is 1. The van der Waals surface area contributed by atoms with Gasteiger partial charge in [0.25, 0.3) is 5.91 Å². The number of ether oxygens (including phenoxy) is 1. The molecule has 0 saturated heterocycles. The van der Waals surface area contributed by atoms with Gasteiger partial charge in [0.05, 0.1) is 7.11 Å². The van der Waals surface area contributed by atoms with E-state index in [1.165, 1.54) is 4.90 Å². The number of rotatable bonds is 4. The Balaban J connectivity index is 1.78. The summed E-state index contributed by atoms with van der Waals surface area (Å²) >= 11 is 0. The van der Waals surface area contributed by atoms with E-state index < -0.39 is 0 Å². The average molecular weight is 360 g/mol. The maximum atomic E-state index is 12.1. The second-order valence-corrected chi connectivity index (χ2v) is 6.48. The Morgan fingerprint density at radius 3 is 2.63 bits per heavy atom. The van der Waals surface area contributed by atoms with Gasteiger partial charge in [-0.15, -0.1) is 0 Å². The van der Waals surface area contributed by atoms with E-state index in [2.05, 4.69) is 33.9 Å². The SMILES string of the molecule is COc1cccc(-c2ccc3ccc(-n4ccc(C(=O)N(C)C)n4)n3c2)c1. The van der Waals surface area contributed by atoms with Gasteiger partial charge in [-0.25, -0.2) is 4.68 Å². The van der Waals surface area contributed by atoms with Crippen molar-refractivity contribution in [2.45, 2.75) is 0 Å². The Morgan fingerprint density at radius 2 is 1.85 bits per heavy atom. The Hall–Kier alpha value is -3.54. The number of nitrogens with zero attached hydrogens (tertiary/aromatic N) is 4. The number of carbonyl (C=O) groups excluding carboxylic acids is 1. The van der Waals surface area contributed by atoms with Gasteiger partial charge in [0.15, 0.2) is 5.69 Å². The lowest BCUT2D eigenvalue weighted by Crippen LogP contribution is -2.22. The van der Waals surface area contributed by atoms with Gasteiger partial charge in [-0.2, -0.15) is 5.10 Å². The zero-order valence-corrected chi connectivity index (χ0v) is 15.5. The van der Waals surface area contributed by atoms with E-state index in [4.69, 9.17) is 4.74 Å². The van der Waals surface area contributed by atoms with E-state index in [1.807, 2.05) is 30.3 Å². The second kappa shape index (κ2) is 6.64. The summed E-state index contributed by atoms with van der Waals surface area (Å²) in [7, 11) is 5.10. The van der Waals surface area contributed by atoms with Crippen LogP contribution in [0.1, 0.15) is 10.5 Å². The number of aromatic nitrogens is 3. The van der Waals surface area contributed by atoms with Crippen LogP contribution in [0.5, 0.6) is 5.75 Å². The van der Waals surface area contributed by atoms with E-state index in [-0.39, 0.29) is 5.91 Å². The second-order valence-electron chi connectivity index (χ2n) is 6.48. The molecule has 0 fully saturated rings. The van der Waals surface area contributed by atoms with Crippen molar-refractivity contribution in [1.29, 1.82) is 0 Å². The quantitative estimate of drug-likeness (QED) is 0.560. The molecule has 0 atom stereocenters. The first-order chi connectivity index (χ1) is 13.1. The van der Waals surface area contributed by atoms with Crippen LogP contribution in [0.4, 0.5) is 0 Å². The molecule has 0 aliphatic carbocycles. The van der Waals surface area contributed by atoms with Crippen LogP contribution in [0.15, 0.2) is 67.0 Å². The number of fused-ring (bicyclic) bond motifs is 1. The van der Waals surface area contributed by atoms with Gasteiger partial charge in [-0.05, 0) is 47.5 Å². The summed E-state index contributed by atoms with van der Waals surface area (Å²) in [6.07, 6.45) is 3.87. The molecule has 1 amide bonds. The maximum Gasteiger partial charge on any atom is 0.273 e. The minimum absolute atomic E-state index is 0.119. The number of hydrogen-bond donors (Lipinski definition) is 0. The normalized spacial score (nSPS) is 10.9. The molecule has 1 aromatic carbocycles. The lowest BCUT2D eigenvalue weighted by atomic mass is 10.1. The van der Waals surface area contributed by atoms with Crippen molar-refractivity contribution >= 4 is 11.4 Å². The van der Waals surface area contributed by atoms with Crippen LogP contribution in [-0.2, 0) is 0 Å². The largest absolute Gasteiger partial charge is 0.497 e. The maximum absolute atomic E-state index is 12.1. The van der Waals surface area contributed by atoms with Crippen molar-refractivity contribution in [2.24, 2.45) is 0 Å². The van der Waals surface area contributed by atoms with Crippen LogP contribution < -0.4 is 4.74 Å². The fraction of sp³-hybridized carbons (Fsp3) is 0.143. The number of methoxy groups -OCH3 is 1. The number of benzene rings is 1. The molecule has 3 aromatic heterocycles. The summed E-state index contributed by atoms with van der Waals surface area (Å²) in [4.78, 5) is 13.6. The fourth-order valence-electron chi connectivity index (χ4n) is 3.04. The van der Waals surface area contributed by atoms with Crippen molar-refractivity contribution in [1.82, 2.24) is 19.1 Å². The minimum atomic E-state index is -0.119. The summed E-state index contributed by atoms with van der Waals surface area (Å²) in [6.45, 7) is 0. The first-order valence-electron chi connectivity index (χ1n) is 8.60. The lowest BCUT2D eigenvalue weighted by molar-refractivity contribution is 0.0821. The van der Waals surface area contributed by atoms with Gasteiger partial charge >= 0.3 is 0 Å². The molecule has 0 unspecified atom stereocenters. The molecule has 4 aromatic rings. The van der Waals surface area contributed by atoms with Gasteiger partial charge in [-0.3, -0.25) is 4.79 Å². The van der Waals surface area contributed by atoms with E-state index in [9.17, 15) is 4.79 Å². The van der Waals surface area contributed by atoms with Crippen LogP contribution in [-0.4, -0.2) is 46.2 Å². The Labute approximate surface area is 157 Å². The molecule has 0 N–H and O–H groups in total. The number of hydrogen-bond acceptors (Lipinski definition) is 3. The molecule has 0 saturated carbocycles. The zero-order valence-electron chi connectivity index (χ0n) is 15.5. The van der Waals surface area contributed by atoms with Crippen molar-refractivity contribution in [3.8, 4) is 22.7 Å². The topological polar surface area (TPSA) is 51.8 Å². The van der Waals surface area contributed by atoms with E-state index >= 15 is 0 Å². The highest BCUT2D eigenvalue weighted by Gasteiger charge is 2.13. The monoisotopic (exact) mass is 360 g/mol. The Bertz CT molecular complexity index is 1120. The summed E-state index contributed by atoms with van der Waals surface area (Å²) in [5.74, 6) is 1.57. The summed E-state index contributed by atoms with van der Waals surface area (Å²) in [6, 6.07) is 17.8. The standard InChI is InChI=1S/C21H20N4O2/c1-23(2)21(26)19-11-12-25(22-19)20-10-9-17-8-7-16(14-24(17)20)15-5-4-6-18(13-15)27-3/h4-14H,1-3H3. The third-order valence-corrected chi connectivity index (χ3v) is 4.48. The highest BCUT2D eigenvalue weighted by Crippen LogP contribution is 2.26. The lowest BCUT2D eigenvalue weighted by Gasteiger charge is -2.09. The molecule has 0 aliphatic rings. The van der Waals surface area contributed by atoms with Crippen molar-refractivity contribution < 1.29 is 9.53 Å². The molecule has 0 bridgehead atoms. The van der Waals surface area contributed by atoms with Crippen molar-refractivity contribution in [3.05, 3.63) is 72.7 Å². The molecular weight excluding hydrogens is 340 g/mol. The fourth-order valence-corrected chi connectivity index (χ4v) is 3.04. The molecule has 6 nitrogen and oxygen atoms in total.